The lowest BCUT2D eigenvalue weighted by Crippen LogP contribution is -2.26. The average molecular weight is 343 g/mol. The number of rotatable bonds is 7. The summed E-state index contributed by atoms with van der Waals surface area (Å²) in [5.41, 5.74) is 1.42. The molecule has 1 heterocycles. The molecule has 6 heteroatoms. The van der Waals surface area contributed by atoms with Gasteiger partial charge >= 0.3 is 0 Å². The Balaban J connectivity index is 1.39. The number of benzene rings is 1. The number of aryl methyl sites for hydroxylation is 1. The van der Waals surface area contributed by atoms with Gasteiger partial charge in [0, 0.05) is 24.3 Å². The molecule has 1 aliphatic rings. The van der Waals surface area contributed by atoms with E-state index in [1.165, 1.54) is 32.1 Å². The molecule has 1 fully saturated rings. The van der Waals surface area contributed by atoms with Gasteiger partial charge in [-0.05, 0) is 50.5 Å². The molecular formula is C19H25N3O3. The van der Waals surface area contributed by atoms with Crippen LogP contribution in [0.25, 0.3) is 11.5 Å². The van der Waals surface area contributed by atoms with Crippen molar-refractivity contribution < 1.29 is 14.1 Å². The molecule has 0 atom stereocenters. The van der Waals surface area contributed by atoms with Gasteiger partial charge in [-0.25, -0.2) is 0 Å². The van der Waals surface area contributed by atoms with Gasteiger partial charge in [0.15, 0.2) is 5.82 Å². The van der Waals surface area contributed by atoms with Gasteiger partial charge in [0.1, 0.15) is 0 Å². The van der Waals surface area contributed by atoms with Gasteiger partial charge in [0.25, 0.3) is 11.8 Å². The topological polar surface area (TPSA) is 77.2 Å². The van der Waals surface area contributed by atoms with Gasteiger partial charge in [-0.15, -0.1) is 0 Å². The molecule has 0 aliphatic heterocycles. The fraction of sp³-hybridized carbons (Fsp3) is 0.526. The van der Waals surface area contributed by atoms with Crippen LogP contribution in [0.4, 0.5) is 0 Å². The fourth-order valence-corrected chi connectivity index (χ4v) is 3.04. The normalized spacial score (nSPS) is 15.2. The van der Waals surface area contributed by atoms with E-state index in [0.717, 1.165) is 12.0 Å². The Hall–Kier alpha value is -2.21. The first-order valence-electron chi connectivity index (χ1n) is 9.03. The second-order valence-electron chi connectivity index (χ2n) is 6.46. The summed E-state index contributed by atoms with van der Waals surface area (Å²) in [4.78, 5) is 16.3. The molecule has 134 valence electrons. The molecule has 2 aromatic rings. The summed E-state index contributed by atoms with van der Waals surface area (Å²) in [6, 6.07) is 7.16. The van der Waals surface area contributed by atoms with Crippen molar-refractivity contribution in [3.63, 3.8) is 0 Å². The van der Waals surface area contributed by atoms with Crippen molar-refractivity contribution in [3.05, 3.63) is 35.7 Å². The van der Waals surface area contributed by atoms with Gasteiger partial charge in [-0.3, -0.25) is 4.79 Å². The Morgan fingerprint density at radius 1 is 1.24 bits per heavy atom. The highest BCUT2D eigenvalue weighted by Gasteiger charge is 2.13. The number of aromatic nitrogens is 2. The lowest BCUT2D eigenvalue weighted by Gasteiger charge is -2.21. The number of nitrogens with zero attached hydrogens (tertiary/aromatic N) is 2. The fourth-order valence-electron chi connectivity index (χ4n) is 3.04. The third kappa shape index (κ3) is 5.13. The highest BCUT2D eigenvalue weighted by Crippen LogP contribution is 2.20. The predicted octanol–water partition coefficient (Wildman–Crippen LogP) is 3.51. The molecule has 1 N–H and O–H groups in total. The average Bonchev–Trinajstić information content (AvgIpc) is 3.09. The Labute approximate surface area is 148 Å². The first kappa shape index (κ1) is 17.6. The zero-order valence-corrected chi connectivity index (χ0v) is 14.7. The molecule has 6 nitrogen and oxygen atoms in total. The quantitative estimate of drug-likeness (QED) is 0.778. The van der Waals surface area contributed by atoms with Crippen molar-refractivity contribution in [2.24, 2.45) is 0 Å². The SMILES string of the molecule is Cc1noc(-c2ccc(C(=O)NCCCOC3CCCCC3)cc2)n1. The van der Waals surface area contributed by atoms with Crippen LogP contribution in [-0.4, -0.2) is 35.3 Å². The lowest BCUT2D eigenvalue weighted by atomic mass is 9.98. The Morgan fingerprint density at radius 2 is 2.00 bits per heavy atom. The van der Waals surface area contributed by atoms with Crippen LogP contribution < -0.4 is 5.32 Å². The van der Waals surface area contributed by atoms with E-state index in [2.05, 4.69) is 15.5 Å². The second-order valence-corrected chi connectivity index (χ2v) is 6.46. The molecule has 0 spiro atoms. The van der Waals surface area contributed by atoms with E-state index in [-0.39, 0.29) is 5.91 Å². The zero-order chi connectivity index (χ0) is 17.5. The van der Waals surface area contributed by atoms with Crippen molar-refractivity contribution in [1.82, 2.24) is 15.5 Å². The van der Waals surface area contributed by atoms with Gasteiger partial charge in [0.05, 0.1) is 6.10 Å². The first-order chi connectivity index (χ1) is 12.2. The summed E-state index contributed by atoms with van der Waals surface area (Å²) in [5.74, 6) is 0.975. The van der Waals surface area contributed by atoms with E-state index >= 15 is 0 Å². The third-order valence-corrected chi connectivity index (χ3v) is 4.43. The van der Waals surface area contributed by atoms with Gasteiger partial charge in [0.2, 0.25) is 0 Å². The van der Waals surface area contributed by atoms with Crippen LogP contribution in [0.2, 0.25) is 0 Å². The van der Waals surface area contributed by atoms with Crippen LogP contribution in [0.3, 0.4) is 0 Å². The maximum Gasteiger partial charge on any atom is 0.257 e. The van der Waals surface area contributed by atoms with Crippen LogP contribution in [0.5, 0.6) is 0 Å². The molecule has 1 aromatic heterocycles. The van der Waals surface area contributed by atoms with Crippen molar-refractivity contribution in [3.8, 4) is 11.5 Å². The number of amides is 1. The van der Waals surface area contributed by atoms with E-state index in [1.807, 2.05) is 12.1 Å². The summed E-state index contributed by atoms with van der Waals surface area (Å²) >= 11 is 0. The Bertz CT molecular complexity index is 675. The molecule has 0 bridgehead atoms. The minimum Gasteiger partial charge on any atom is -0.378 e. The van der Waals surface area contributed by atoms with Gasteiger partial charge in [-0.2, -0.15) is 4.98 Å². The van der Waals surface area contributed by atoms with Crippen LogP contribution in [-0.2, 0) is 4.74 Å². The van der Waals surface area contributed by atoms with E-state index in [4.69, 9.17) is 9.26 Å². The minimum absolute atomic E-state index is 0.0778. The summed E-state index contributed by atoms with van der Waals surface area (Å²) in [5, 5.41) is 6.69. The van der Waals surface area contributed by atoms with E-state index < -0.39 is 0 Å². The molecule has 1 amide bonds. The molecule has 0 radical (unpaired) electrons. The van der Waals surface area contributed by atoms with Crippen molar-refractivity contribution in [2.75, 3.05) is 13.2 Å². The standard InChI is InChI=1S/C19H25N3O3/c1-14-21-19(25-22-14)16-10-8-15(9-11-16)18(23)20-12-5-13-24-17-6-3-2-4-7-17/h8-11,17H,2-7,12-13H2,1H3,(H,20,23). The number of carbonyl (C=O) groups is 1. The van der Waals surface area contributed by atoms with Crippen molar-refractivity contribution in [2.45, 2.75) is 51.6 Å². The minimum atomic E-state index is -0.0778. The second kappa shape index (κ2) is 8.76. The van der Waals surface area contributed by atoms with Gasteiger partial charge in [-0.1, -0.05) is 24.4 Å². The van der Waals surface area contributed by atoms with Gasteiger partial charge < -0.3 is 14.6 Å². The third-order valence-electron chi connectivity index (χ3n) is 4.43. The highest BCUT2D eigenvalue weighted by atomic mass is 16.5. The molecule has 1 aliphatic carbocycles. The predicted molar refractivity (Wildman–Crippen MR) is 94.2 cm³/mol. The molecule has 0 unspecified atom stereocenters. The number of carbonyl (C=O) groups excluding carboxylic acids is 1. The van der Waals surface area contributed by atoms with Crippen molar-refractivity contribution in [1.29, 1.82) is 0 Å². The molecule has 1 saturated carbocycles. The van der Waals surface area contributed by atoms with Crippen LogP contribution in [0.1, 0.15) is 54.7 Å². The number of hydrogen-bond donors (Lipinski definition) is 1. The Morgan fingerprint density at radius 3 is 2.68 bits per heavy atom. The summed E-state index contributed by atoms with van der Waals surface area (Å²) < 4.78 is 11.0. The highest BCUT2D eigenvalue weighted by molar-refractivity contribution is 5.94. The first-order valence-corrected chi connectivity index (χ1v) is 9.03. The summed E-state index contributed by atoms with van der Waals surface area (Å²) in [6.45, 7) is 3.10. The number of hydrogen-bond acceptors (Lipinski definition) is 5. The zero-order valence-electron chi connectivity index (χ0n) is 14.7. The maximum absolute atomic E-state index is 12.2. The molecule has 3 rings (SSSR count). The molecule has 1 aromatic carbocycles. The van der Waals surface area contributed by atoms with E-state index in [0.29, 0.717) is 36.5 Å². The van der Waals surface area contributed by atoms with Crippen molar-refractivity contribution >= 4 is 5.91 Å². The molecule has 0 saturated heterocycles. The van der Waals surface area contributed by atoms with Crippen LogP contribution in [0.15, 0.2) is 28.8 Å². The smallest absolute Gasteiger partial charge is 0.257 e. The molecule has 25 heavy (non-hydrogen) atoms. The van der Waals surface area contributed by atoms with E-state index in [1.54, 1.807) is 19.1 Å². The summed E-state index contributed by atoms with van der Waals surface area (Å²) in [7, 11) is 0. The largest absolute Gasteiger partial charge is 0.378 e. The number of nitrogens with one attached hydrogen (secondary N) is 1. The summed E-state index contributed by atoms with van der Waals surface area (Å²) in [6.07, 6.45) is 7.50. The maximum atomic E-state index is 12.2. The Kier molecular flexibility index (Phi) is 6.17. The monoisotopic (exact) mass is 343 g/mol. The molecular weight excluding hydrogens is 318 g/mol. The van der Waals surface area contributed by atoms with Crippen LogP contribution in [0, 0.1) is 6.92 Å². The number of ether oxygens (including phenoxy) is 1. The lowest BCUT2D eigenvalue weighted by molar-refractivity contribution is 0.0273. The van der Waals surface area contributed by atoms with E-state index in [9.17, 15) is 4.79 Å². The van der Waals surface area contributed by atoms with Crippen LogP contribution >= 0.6 is 0 Å².